The lowest BCUT2D eigenvalue weighted by atomic mass is 10.3. The molecule has 2 N–H and O–H groups in total. The summed E-state index contributed by atoms with van der Waals surface area (Å²) in [6.45, 7) is 1.02. The molecule has 1 rings (SSSR count). The van der Waals surface area contributed by atoms with Crippen molar-refractivity contribution < 1.29 is 12.9 Å². The Morgan fingerprint density at radius 2 is 2.25 bits per heavy atom. The molecular formula is C9H17N3O3S. The number of hydrogen-bond acceptors (Lipinski definition) is 5. The fraction of sp³-hybridized carbons (Fsp3) is 0.667. The van der Waals surface area contributed by atoms with Crippen LogP contribution < -0.4 is 10.0 Å². The zero-order chi connectivity index (χ0) is 11.9. The van der Waals surface area contributed by atoms with Crippen LogP contribution >= 0.6 is 0 Å². The molecule has 0 saturated heterocycles. The quantitative estimate of drug-likeness (QED) is 0.636. The van der Waals surface area contributed by atoms with E-state index in [9.17, 15) is 8.42 Å². The van der Waals surface area contributed by atoms with E-state index in [0.717, 1.165) is 13.0 Å². The van der Waals surface area contributed by atoms with E-state index in [1.165, 1.54) is 6.26 Å². The van der Waals surface area contributed by atoms with Crippen LogP contribution in [-0.4, -0.2) is 32.9 Å². The highest BCUT2D eigenvalue weighted by molar-refractivity contribution is 7.89. The van der Waals surface area contributed by atoms with Gasteiger partial charge in [0.05, 0.1) is 18.0 Å². The molecule has 0 atom stereocenters. The molecule has 0 fully saturated rings. The molecule has 7 heteroatoms. The number of sulfonamides is 1. The maximum absolute atomic E-state index is 11.5. The van der Waals surface area contributed by atoms with Gasteiger partial charge in [-0.2, -0.15) is 0 Å². The van der Waals surface area contributed by atoms with Crippen LogP contribution in [0.2, 0.25) is 0 Å². The molecule has 1 aromatic heterocycles. The molecule has 0 amide bonds. The number of nitrogens with one attached hydrogen (secondary N) is 2. The Bertz CT molecular complexity index is 375. The molecule has 16 heavy (non-hydrogen) atoms. The van der Waals surface area contributed by atoms with Crippen molar-refractivity contribution in [2.75, 3.05) is 19.3 Å². The lowest BCUT2D eigenvalue weighted by Gasteiger charge is -2.04. The predicted molar refractivity (Wildman–Crippen MR) is 60.3 cm³/mol. The van der Waals surface area contributed by atoms with E-state index in [1.807, 2.05) is 7.05 Å². The summed E-state index contributed by atoms with van der Waals surface area (Å²) in [5, 5.41) is 6.59. The third-order valence-electron chi connectivity index (χ3n) is 2.05. The van der Waals surface area contributed by atoms with Gasteiger partial charge in [0.1, 0.15) is 6.26 Å². The van der Waals surface area contributed by atoms with Gasteiger partial charge in [0.2, 0.25) is 10.0 Å². The molecule has 0 saturated carbocycles. The van der Waals surface area contributed by atoms with Crippen LogP contribution in [-0.2, 0) is 16.6 Å². The van der Waals surface area contributed by atoms with Crippen molar-refractivity contribution in [1.29, 1.82) is 0 Å². The summed E-state index contributed by atoms with van der Waals surface area (Å²) in [4.78, 5) is 0. The zero-order valence-corrected chi connectivity index (χ0v) is 10.1. The average Bonchev–Trinajstić information content (AvgIpc) is 2.75. The first-order valence-corrected chi connectivity index (χ1v) is 6.80. The highest BCUT2D eigenvalue weighted by Gasteiger charge is 2.09. The lowest BCUT2D eigenvalue weighted by Crippen LogP contribution is -2.26. The Morgan fingerprint density at radius 3 is 2.88 bits per heavy atom. The van der Waals surface area contributed by atoms with E-state index < -0.39 is 10.0 Å². The second-order valence-corrected chi connectivity index (χ2v) is 5.37. The first kappa shape index (κ1) is 13.1. The van der Waals surface area contributed by atoms with E-state index in [0.29, 0.717) is 12.1 Å². The number of rotatable bonds is 8. The molecule has 92 valence electrons. The molecule has 0 spiro atoms. The highest BCUT2D eigenvalue weighted by Crippen LogP contribution is 1.98. The highest BCUT2D eigenvalue weighted by atomic mass is 32.2. The van der Waals surface area contributed by atoms with E-state index in [4.69, 9.17) is 0 Å². The standard InChI is InChI=1S/C9H17N3O3S/c1-10-5-2-3-7-16(13,14)11-8-9-4-6-15-12-9/h4,6,10-11H,2-3,5,7-8H2,1H3. The van der Waals surface area contributed by atoms with E-state index >= 15 is 0 Å². The first-order valence-electron chi connectivity index (χ1n) is 5.15. The van der Waals surface area contributed by atoms with Gasteiger partial charge in [0.25, 0.3) is 0 Å². The Kier molecular flexibility index (Phi) is 5.44. The monoisotopic (exact) mass is 247 g/mol. The largest absolute Gasteiger partial charge is 0.364 e. The summed E-state index contributed by atoms with van der Waals surface area (Å²) in [7, 11) is -1.35. The van der Waals surface area contributed by atoms with Crippen LogP contribution in [0.25, 0.3) is 0 Å². The average molecular weight is 247 g/mol. The molecule has 0 bridgehead atoms. The molecule has 6 nitrogen and oxygen atoms in total. The van der Waals surface area contributed by atoms with Crippen LogP contribution in [0.1, 0.15) is 18.5 Å². The van der Waals surface area contributed by atoms with Crippen molar-refractivity contribution in [2.24, 2.45) is 0 Å². The predicted octanol–water partition coefficient (Wildman–Crippen LogP) is 0.0936. The van der Waals surface area contributed by atoms with Crippen LogP contribution in [0.15, 0.2) is 16.9 Å². The second-order valence-electron chi connectivity index (χ2n) is 3.44. The SMILES string of the molecule is CNCCCCS(=O)(=O)NCc1ccon1. The fourth-order valence-corrected chi connectivity index (χ4v) is 2.27. The van der Waals surface area contributed by atoms with Crippen molar-refractivity contribution in [3.63, 3.8) is 0 Å². The Hall–Kier alpha value is -0.920. The smallest absolute Gasteiger partial charge is 0.211 e. The summed E-state index contributed by atoms with van der Waals surface area (Å²) in [5.74, 6) is 0.145. The van der Waals surface area contributed by atoms with Crippen LogP contribution in [0, 0.1) is 0 Å². The van der Waals surface area contributed by atoms with Crippen molar-refractivity contribution in [2.45, 2.75) is 19.4 Å². The first-order chi connectivity index (χ1) is 7.64. The minimum atomic E-state index is -3.20. The summed E-state index contributed by atoms with van der Waals surface area (Å²) in [5.41, 5.74) is 0.582. The molecule has 0 aliphatic carbocycles. The topological polar surface area (TPSA) is 84.2 Å². The van der Waals surface area contributed by atoms with E-state index in [1.54, 1.807) is 6.07 Å². The van der Waals surface area contributed by atoms with Gasteiger partial charge < -0.3 is 9.84 Å². The zero-order valence-electron chi connectivity index (χ0n) is 9.27. The van der Waals surface area contributed by atoms with Gasteiger partial charge in [-0.05, 0) is 26.4 Å². The molecule has 0 aliphatic rings. The Morgan fingerprint density at radius 1 is 1.44 bits per heavy atom. The lowest BCUT2D eigenvalue weighted by molar-refractivity contribution is 0.411. The van der Waals surface area contributed by atoms with Gasteiger partial charge in [-0.15, -0.1) is 0 Å². The van der Waals surface area contributed by atoms with Crippen molar-refractivity contribution in [3.8, 4) is 0 Å². The molecule has 0 aliphatic heterocycles. The van der Waals surface area contributed by atoms with Gasteiger partial charge in [-0.3, -0.25) is 0 Å². The normalized spacial score (nSPS) is 11.8. The molecular weight excluding hydrogens is 230 g/mol. The number of aromatic nitrogens is 1. The van der Waals surface area contributed by atoms with Crippen molar-refractivity contribution in [1.82, 2.24) is 15.2 Å². The summed E-state index contributed by atoms with van der Waals surface area (Å²) < 4.78 is 30.1. The van der Waals surface area contributed by atoms with Gasteiger partial charge in [-0.1, -0.05) is 5.16 Å². The van der Waals surface area contributed by atoms with Crippen LogP contribution in [0.4, 0.5) is 0 Å². The molecule has 1 aromatic rings. The molecule has 1 heterocycles. The summed E-state index contributed by atoms with van der Waals surface area (Å²) >= 11 is 0. The fourth-order valence-electron chi connectivity index (χ4n) is 1.18. The van der Waals surface area contributed by atoms with Crippen molar-refractivity contribution in [3.05, 3.63) is 18.0 Å². The number of unbranched alkanes of at least 4 members (excludes halogenated alkanes) is 1. The van der Waals surface area contributed by atoms with Gasteiger partial charge in [-0.25, -0.2) is 13.1 Å². The second kappa shape index (κ2) is 6.62. The summed E-state index contributed by atoms with van der Waals surface area (Å²) in [6.07, 6.45) is 2.91. The van der Waals surface area contributed by atoms with Gasteiger partial charge in [0, 0.05) is 6.07 Å². The maximum Gasteiger partial charge on any atom is 0.211 e. The summed E-state index contributed by atoms with van der Waals surface area (Å²) in [6, 6.07) is 1.63. The van der Waals surface area contributed by atoms with Crippen molar-refractivity contribution >= 4 is 10.0 Å². The Balaban J connectivity index is 2.23. The minimum Gasteiger partial charge on any atom is -0.364 e. The molecule has 0 unspecified atom stereocenters. The van der Waals surface area contributed by atoms with E-state index in [2.05, 4.69) is 19.7 Å². The third kappa shape index (κ3) is 5.24. The Labute approximate surface area is 95.4 Å². The van der Waals surface area contributed by atoms with Gasteiger partial charge in [0.15, 0.2) is 0 Å². The van der Waals surface area contributed by atoms with Crippen LogP contribution in [0.3, 0.4) is 0 Å². The minimum absolute atomic E-state index is 0.145. The number of hydrogen-bond donors (Lipinski definition) is 2. The maximum atomic E-state index is 11.5. The molecule has 0 aromatic carbocycles. The van der Waals surface area contributed by atoms with Crippen LogP contribution in [0.5, 0.6) is 0 Å². The third-order valence-corrected chi connectivity index (χ3v) is 3.46. The van der Waals surface area contributed by atoms with E-state index in [-0.39, 0.29) is 12.3 Å². The number of nitrogens with zero attached hydrogens (tertiary/aromatic N) is 1. The van der Waals surface area contributed by atoms with Gasteiger partial charge >= 0.3 is 0 Å². The molecule has 0 radical (unpaired) electrons.